The van der Waals surface area contributed by atoms with Crippen LogP contribution in [0.4, 0.5) is 8.78 Å². The minimum Gasteiger partial charge on any atom is -0.502 e. The smallest absolute Gasteiger partial charge is 0.278 e. The molecule has 1 N–H and O–H groups in total. The lowest BCUT2D eigenvalue weighted by atomic mass is 9.81. The average molecular weight is 512 g/mol. The van der Waals surface area contributed by atoms with Crippen molar-refractivity contribution in [3.63, 3.8) is 0 Å². The third-order valence-corrected chi connectivity index (χ3v) is 8.27. The fraction of sp³-hybridized carbons (Fsp3) is 0.200. The maximum atomic E-state index is 15.2. The van der Waals surface area contributed by atoms with Crippen LogP contribution in [0.15, 0.2) is 83.8 Å². The molecule has 1 aromatic heterocycles. The Morgan fingerprint density at radius 3 is 2.47 bits per heavy atom. The average Bonchev–Trinajstić information content (AvgIpc) is 3.42. The van der Waals surface area contributed by atoms with E-state index in [1.807, 2.05) is 59.6 Å². The summed E-state index contributed by atoms with van der Waals surface area (Å²) in [7, 11) is 0. The molecule has 38 heavy (non-hydrogen) atoms. The molecule has 0 fully saturated rings. The van der Waals surface area contributed by atoms with Gasteiger partial charge in [-0.15, -0.1) is 0 Å². The molecule has 0 bridgehead atoms. The van der Waals surface area contributed by atoms with Gasteiger partial charge in [-0.3, -0.25) is 19.3 Å². The third kappa shape index (κ3) is 2.91. The number of carbonyl (C=O) groups excluding carboxylic acids is 1. The Labute approximate surface area is 217 Å². The van der Waals surface area contributed by atoms with Crippen molar-refractivity contribution in [2.45, 2.75) is 24.9 Å². The number of benzene rings is 3. The maximum Gasteiger partial charge on any atom is 0.278 e. The second kappa shape index (κ2) is 8.02. The van der Waals surface area contributed by atoms with E-state index in [2.05, 4.69) is 0 Å². The normalized spacial score (nSPS) is 21.2. The number of hydrogen-bond donors (Lipinski definition) is 1. The molecule has 3 aliphatic rings. The molecule has 0 spiro atoms. The Balaban J connectivity index is 1.50. The quantitative estimate of drug-likeness (QED) is 0.451. The molecule has 7 rings (SSSR count). The first kappa shape index (κ1) is 22.7. The van der Waals surface area contributed by atoms with E-state index in [-0.39, 0.29) is 24.8 Å². The Morgan fingerprint density at radius 1 is 0.895 bits per heavy atom. The van der Waals surface area contributed by atoms with Gasteiger partial charge in [0, 0.05) is 24.7 Å². The highest BCUT2D eigenvalue weighted by Crippen LogP contribution is 2.57. The van der Waals surface area contributed by atoms with E-state index >= 15 is 4.39 Å². The summed E-state index contributed by atoms with van der Waals surface area (Å²) in [4.78, 5) is 27.8. The second-order valence-corrected chi connectivity index (χ2v) is 10.2. The van der Waals surface area contributed by atoms with Crippen LogP contribution in [0, 0.1) is 17.6 Å². The zero-order valence-corrected chi connectivity index (χ0v) is 20.3. The Bertz CT molecular complexity index is 1690. The van der Waals surface area contributed by atoms with Gasteiger partial charge in [-0.05, 0) is 46.7 Å². The predicted octanol–water partition coefficient (Wildman–Crippen LogP) is 4.06. The summed E-state index contributed by atoms with van der Waals surface area (Å²) in [5, 5.41) is 12.8. The lowest BCUT2D eigenvalue weighted by Crippen LogP contribution is -2.63. The first-order valence-corrected chi connectivity index (χ1v) is 12.5. The highest BCUT2D eigenvalue weighted by molar-refractivity contribution is 5.96. The van der Waals surface area contributed by atoms with Crippen molar-refractivity contribution < 1.29 is 18.7 Å². The fourth-order valence-corrected chi connectivity index (χ4v) is 6.74. The SMILES string of the molecule is O=C1c2c(O)c(=O)ccn2N(C23c4ccccc4CC2Cc2c3ccc(F)c2F)CN1Cc1ccccc1. The van der Waals surface area contributed by atoms with E-state index < -0.39 is 34.3 Å². The van der Waals surface area contributed by atoms with E-state index in [1.165, 1.54) is 16.9 Å². The molecule has 2 heterocycles. The van der Waals surface area contributed by atoms with E-state index in [0.29, 0.717) is 24.0 Å². The van der Waals surface area contributed by atoms with Crippen LogP contribution < -0.4 is 10.4 Å². The van der Waals surface area contributed by atoms with Gasteiger partial charge in [0.1, 0.15) is 12.2 Å². The van der Waals surface area contributed by atoms with Crippen LogP contribution in [-0.4, -0.2) is 27.3 Å². The van der Waals surface area contributed by atoms with E-state index in [4.69, 9.17) is 0 Å². The molecule has 2 unspecified atom stereocenters. The van der Waals surface area contributed by atoms with Gasteiger partial charge in [0.05, 0.1) is 0 Å². The number of nitrogens with zero attached hydrogens (tertiary/aromatic N) is 3. The molecule has 3 aromatic carbocycles. The van der Waals surface area contributed by atoms with Crippen LogP contribution in [0.3, 0.4) is 0 Å². The molecule has 0 radical (unpaired) electrons. The topological polar surface area (TPSA) is 65.8 Å². The maximum absolute atomic E-state index is 15.2. The van der Waals surface area contributed by atoms with Crippen LogP contribution in [-0.2, 0) is 24.9 Å². The van der Waals surface area contributed by atoms with Crippen molar-refractivity contribution in [1.29, 1.82) is 0 Å². The molecule has 2 atom stereocenters. The Kier molecular flexibility index (Phi) is 4.79. The minimum absolute atomic E-state index is 0.103. The van der Waals surface area contributed by atoms with Crippen molar-refractivity contribution in [3.8, 4) is 5.75 Å². The van der Waals surface area contributed by atoms with E-state index in [1.54, 1.807) is 11.0 Å². The van der Waals surface area contributed by atoms with Crippen molar-refractivity contribution >= 4 is 5.91 Å². The van der Waals surface area contributed by atoms with Gasteiger partial charge in [0.15, 0.2) is 23.1 Å². The Hall–Kier alpha value is -4.46. The lowest BCUT2D eigenvalue weighted by molar-refractivity contribution is 0.0631. The number of halogens is 2. The number of fused-ring (bicyclic) bond motifs is 6. The van der Waals surface area contributed by atoms with Crippen LogP contribution >= 0.6 is 0 Å². The van der Waals surface area contributed by atoms with Gasteiger partial charge in [0.25, 0.3) is 5.91 Å². The van der Waals surface area contributed by atoms with E-state index in [0.717, 1.165) is 22.8 Å². The molecule has 0 saturated carbocycles. The number of carbonyl (C=O) groups is 1. The van der Waals surface area contributed by atoms with Crippen LogP contribution in [0.1, 0.15) is 38.3 Å². The highest BCUT2D eigenvalue weighted by atomic mass is 19.2. The van der Waals surface area contributed by atoms with Gasteiger partial charge in [-0.1, -0.05) is 60.7 Å². The molecule has 8 heteroatoms. The standard InChI is InChI=1S/C30H23F2N3O3/c31-24-11-10-23-21(26(24)32)15-20-14-19-8-4-5-9-22(19)30(20,23)35-17-33(16-18-6-2-1-3-7-18)29(38)27-28(37)25(36)12-13-34(27)35/h1-13,20,37H,14-17H2. The fourth-order valence-electron chi connectivity index (χ4n) is 6.74. The number of aromatic hydroxyl groups is 1. The van der Waals surface area contributed by atoms with Crippen LogP contribution in [0.5, 0.6) is 5.75 Å². The number of pyridine rings is 1. The van der Waals surface area contributed by atoms with Crippen LogP contribution in [0.2, 0.25) is 0 Å². The number of amides is 1. The van der Waals surface area contributed by atoms with Gasteiger partial charge >= 0.3 is 0 Å². The molecular formula is C30H23F2N3O3. The monoisotopic (exact) mass is 511 g/mol. The molecule has 0 saturated heterocycles. The minimum atomic E-state index is -0.952. The summed E-state index contributed by atoms with van der Waals surface area (Å²) in [6.45, 7) is 0.345. The summed E-state index contributed by atoms with van der Waals surface area (Å²) in [6, 6.07) is 21.4. The first-order valence-electron chi connectivity index (χ1n) is 12.5. The molecular weight excluding hydrogens is 488 g/mol. The summed E-state index contributed by atoms with van der Waals surface area (Å²) in [6.07, 6.45) is 2.44. The zero-order valence-electron chi connectivity index (χ0n) is 20.3. The van der Waals surface area contributed by atoms with Gasteiger partial charge < -0.3 is 10.0 Å². The second-order valence-electron chi connectivity index (χ2n) is 10.2. The van der Waals surface area contributed by atoms with Crippen molar-refractivity contribution in [2.24, 2.45) is 5.92 Å². The van der Waals surface area contributed by atoms with Crippen molar-refractivity contribution in [3.05, 3.63) is 134 Å². The molecule has 1 amide bonds. The van der Waals surface area contributed by atoms with Gasteiger partial charge in [-0.2, -0.15) is 0 Å². The van der Waals surface area contributed by atoms with Gasteiger partial charge in [0.2, 0.25) is 5.43 Å². The molecule has 1 aliphatic heterocycles. The summed E-state index contributed by atoms with van der Waals surface area (Å²) >= 11 is 0. The largest absolute Gasteiger partial charge is 0.502 e. The van der Waals surface area contributed by atoms with E-state index in [9.17, 15) is 19.1 Å². The molecule has 6 nitrogen and oxygen atoms in total. The summed E-state index contributed by atoms with van der Waals surface area (Å²) in [5.41, 5.74) is 2.10. The zero-order chi connectivity index (χ0) is 26.2. The van der Waals surface area contributed by atoms with Crippen molar-refractivity contribution in [2.75, 3.05) is 11.7 Å². The molecule has 4 aromatic rings. The number of hydrogen-bond acceptors (Lipinski definition) is 4. The van der Waals surface area contributed by atoms with Crippen molar-refractivity contribution in [1.82, 2.24) is 9.58 Å². The van der Waals surface area contributed by atoms with Crippen LogP contribution in [0.25, 0.3) is 0 Å². The first-order chi connectivity index (χ1) is 18.4. The summed E-state index contributed by atoms with van der Waals surface area (Å²) in [5.74, 6) is -3.03. The number of aromatic nitrogens is 1. The van der Waals surface area contributed by atoms with Gasteiger partial charge in [-0.25, -0.2) is 8.78 Å². The molecule has 2 aliphatic carbocycles. The highest BCUT2D eigenvalue weighted by Gasteiger charge is 2.59. The third-order valence-electron chi connectivity index (χ3n) is 8.27. The number of rotatable bonds is 3. The predicted molar refractivity (Wildman–Crippen MR) is 136 cm³/mol. The Morgan fingerprint density at radius 2 is 1.66 bits per heavy atom. The summed E-state index contributed by atoms with van der Waals surface area (Å²) < 4.78 is 31.1. The molecule has 190 valence electrons. The lowest BCUT2D eigenvalue weighted by Gasteiger charge is -2.50.